The molecule has 0 radical (unpaired) electrons. The molecule has 17 heavy (non-hydrogen) atoms. The second-order valence-electron chi connectivity index (χ2n) is 6.22. The molecule has 92 valence electrons. The molecule has 0 aromatic rings. The zero-order chi connectivity index (χ0) is 12.5. The van der Waals surface area contributed by atoms with Gasteiger partial charge >= 0.3 is 6.09 Å². The van der Waals surface area contributed by atoms with Gasteiger partial charge in [-0.15, -0.1) is 0 Å². The minimum Gasteiger partial charge on any atom is -0.443 e. The van der Waals surface area contributed by atoms with Gasteiger partial charge in [-0.2, -0.15) is 0 Å². The third kappa shape index (κ3) is 1.24. The van der Waals surface area contributed by atoms with Crippen molar-refractivity contribution in [3.8, 4) is 0 Å². The van der Waals surface area contributed by atoms with Crippen LogP contribution in [0, 0.1) is 17.8 Å². The number of rotatable bonds is 0. The summed E-state index contributed by atoms with van der Waals surface area (Å²) in [5.41, 5.74) is 0.596. The van der Waals surface area contributed by atoms with Crippen LogP contribution >= 0.6 is 0 Å². The fourth-order valence-electron chi connectivity index (χ4n) is 3.48. The Hall–Kier alpha value is -1.32. The van der Waals surface area contributed by atoms with Crippen LogP contribution in [0.1, 0.15) is 27.2 Å². The maximum atomic E-state index is 12.1. The summed E-state index contributed by atoms with van der Waals surface area (Å²) < 4.78 is 5.28. The summed E-state index contributed by atoms with van der Waals surface area (Å²) in [5, 5.41) is 0. The van der Waals surface area contributed by atoms with E-state index < -0.39 is 11.7 Å². The smallest absolute Gasteiger partial charge is 0.417 e. The van der Waals surface area contributed by atoms with Crippen molar-refractivity contribution in [1.29, 1.82) is 0 Å². The first-order valence-corrected chi connectivity index (χ1v) is 6.06. The summed E-state index contributed by atoms with van der Waals surface area (Å²) in [4.78, 5) is 25.4. The predicted molar refractivity (Wildman–Crippen MR) is 61.1 cm³/mol. The predicted octanol–water partition coefficient (Wildman–Crippen LogP) is 1.95. The van der Waals surface area contributed by atoms with E-state index in [-0.39, 0.29) is 23.8 Å². The van der Waals surface area contributed by atoms with Crippen LogP contribution < -0.4 is 0 Å². The van der Waals surface area contributed by atoms with Crippen LogP contribution in [0.3, 0.4) is 0 Å². The molecule has 3 saturated carbocycles. The maximum absolute atomic E-state index is 12.1. The first kappa shape index (κ1) is 10.8. The number of carbonyl (C=O) groups excluding carboxylic acids is 2. The highest BCUT2D eigenvalue weighted by Crippen LogP contribution is 2.63. The zero-order valence-corrected chi connectivity index (χ0v) is 10.4. The van der Waals surface area contributed by atoms with Gasteiger partial charge < -0.3 is 4.74 Å². The Balaban J connectivity index is 1.80. The second kappa shape index (κ2) is 2.92. The quantitative estimate of drug-likeness (QED) is 0.603. The Morgan fingerprint density at radius 3 is 2.59 bits per heavy atom. The van der Waals surface area contributed by atoms with Crippen LogP contribution in [0.4, 0.5) is 4.79 Å². The summed E-state index contributed by atoms with van der Waals surface area (Å²) >= 11 is 0. The van der Waals surface area contributed by atoms with E-state index in [1.165, 1.54) is 4.90 Å². The fourth-order valence-corrected chi connectivity index (χ4v) is 3.48. The topological polar surface area (TPSA) is 46.6 Å². The van der Waals surface area contributed by atoms with Crippen molar-refractivity contribution in [3.63, 3.8) is 0 Å². The molecule has 1 saturated heterocycles. The lowest BCUT2D eigenvalue weighted by Crippen LogP contribution is -2.46. The molecule has 4 heteroatoms. The lowest BCUT2D eigenvalue weighted by molar-refractivity contribution is -0.135. The number of imide groups is 1. The number of hydrogen-bond acceptors (Lipinski definition) is 3. The van der Waals surface area contributed by atoms with E-state index in [4.69, 9.17) is 4.74 Å². The van der Waals surface area contributed by atoms with E-state index in [0.717, 1.165) is 12.0 Å². The monoisotopic (exact) mass is 235 g/mol. The first-order valence-electron chi connectivity index (χ1n) is 6.06. The highest BCUT2D eigenvalue weighted by atomic mass is 16.6. The van der Waals surface area contributed by atoms with Crippen LogP contribution in [0.5, 0.6) is 0 Å². The van der Waals surface area contributed by atoms with Crippen molar-refractivity contribution < 1.29 is 14.3 Å². The lowest BCUT2D eigenvalue weighted by atomic mass is 9.69. The number of hydrogen-bond donors (Lipinski definition) is 0. The molecule has 0 N–H and O–H groups in total. The molecule has 0 aromatic carbocycles. The van der Waals surface area contributed by atoms with Gasteiger partial charge in [0.2, 0.25) is 5.91 Å². The zero-order valence-electron chi connectivity index (χ0n) is 10.4. The molecule has 2 amide bonds. The van der Waals surface area contributed by atoms with Crippen LogP contribution in [0.2, 0.25) is 0 Å². The molecule has 0 spiro atoms. The first-order chi connectivity index (χ1) is 7.81. The molecule has 4 aliphatic rings. The lowest BCUT2D eigenvalue weighted by Gasteiger charge is -2.34. The van der Waals surface area contributed by atoms with Crippen molar-refractivity contribution >= 4 is 12.0 Å². The van der Waals surface area contributed by atoms with E-state index in [2.05, 4.69) is 6.58 Å². The van der Waals surface area contributed by atoms with Crippen molar-refractivity contribution in [2.45, 2.75) is 38.8 Å². The van der Waals surface area contributed by atoms with E-state index in [9.17, 15) is 9.59 Å². The van der Waals surface area contributed by atoms with Gasteiger partial charge in [-0.1, -0.05) is 12.2 Å². The Kier molecular flexibility index (Phi) is 1.86. The van der Waals surface area contributed by atoms with Crippen molar-refractivity contribution in [3.05, 3.63) is 12.2 Å². The molecule has 4 rings (SSSR count). The molecule has 0 unspecified atom stereocenters. The highest BCUT2D eigenvalue weighted by molar-refractivity contribution is 5.99. The molecule has 4 nitrogen and oxygen atoms in total. The average Bonchev–Trinajstić information content (AvgIpc) is 2.74. The molecular weight excluding hydrogens is 218 g/mol. The van der Waals surface area contributed by atoms with Crippen molar-refractivity contribution in [2.24, 2.45) is 17.8 Å². The van der Waals surface area contributed by atoms with Gasteiger partial charge in [0.05, 0.1) is 12.0 Å². The summed E-state index contributed by atoms with van der Waals surface area (Å²) in [6.07, 6.45) is 0.396. The third-order valence-corrected chi connectivity index (χ3v) is 4.08. The van der Waals surface area contributed by atoms with E-state index in [0.29, 0.717) is 5.92 Å². The third-order valence-electron chi connectivity index (χ3n) is 4.08. The Bertz CT molecular complexity index is 434. The number of likely N-dealkylation sites (tertiary alicyclic amines) is 1. The molecule has 1 aliphatic heterocycles. The Morgan fingerprint density at radius 1 is 1.41 bits per heavy atom. The molecule has 4 bridgehead atoms. The van der Waals surface area contributed by atoms with Gasteiger partial charge in [-0.3, -0.25) is 4.79 Å². The number of piperidine rings is 1. The molecular formula is C13H17NO3. The second-order valence-corrected chi connectivity index (χ2v) is 6.22. The summed E-state index contributed by atoms with van der Waals surface area (Å²) in [7, 11) is 0. The normalized spacial score (nSPS) is 38.4. The largest absolute Gasteiger partial charge is 0.443 e. The van der Waals surface area contributed by atoms with Crippen LogP contribution in [-0.2, 0) is 9.53 Å². The minimum atomic E-state index is -0.556. The van der Waals surface area contributed by atoms with Gasteiger partial charge in [0.25, 0.3) is 0 Å². The van der Waals surface area contributed by atoms with Gasteiger partial charge in [-0.25, -0.2) is 9.69 Å². The van der Waals surface area contributed by atoms with Crippen molar-refractivity contribution in [1.82, 2.24) is 4.90 Å². The van der Waals surface area contributed by atoms with Gasteiger partial charge in [0.1, 0.15) is 5.60 Å². The van der Waals surface area contributed by atoms with E-state index in [1.54, 1.807) is 0 Å². The molecule has 4 fully saturated rings. The Labute approximate surface area is 101 Å². The van der Waals surface area contributed by atoms with Crippen molar-refractivity contribution in [2.75, 3.05) is 0 Å². The van der Waals surface area contributed by atoms with E-state index in [1.807, 2.05) is 20.8 Å². The van der Waals surface area contributed by atoms with Crippen LogP contribution in [0.25, 0.3) is 0 Å². The molecule has 3 aliphatic carbocycles. The summed E-state index contributed by atoms with van der Waals surface area (Å²) in [6.45, 7) is 9.42. The molecule has 0 aromatic heterocycles. The number of ether oxygens (including phenoxy) is 1. The standard InChI is InChI=1S/C13H17NO3/c1-6-7-5-8-9(6)10(7)11(15)14(8)12(16)17-13(2,3)4/h7-10H,1,5H2,2-4H3/t7-,8+,9-,10-/m0/s1. The summed E-state index contributed by atoms with van der Waals surface area (Å²) in [6, 6.07) is 0.0137. The maximum Gasteiger partial charge on any atom is 0.417 e. The van der Waals surface area contributed by atoms with Crippen LogP contribution in [-0.4, -0.2) is 28.5 Å². The SMILES string of the molecule is C=C1[C@@H]2[C@H]3C(=O)N(C(=O)OC(C)(C)C)[C@@H]2C[C@@H]13. The van der Waals surface area contributed by atoms with Gasteiger partial charge in [0.15, 0.2) is 0 Å². The summed E-state index contributed by atoms with van der Waals surface area (Å²) in [5.74, 6) is 0.495. The number of nitrogens with zero attached hydrogens (tertiary/aromatic N) is 1. The number of carbonyl (C=O) groups is 2. The van der Waals surface area contributed by atoms with E-state index >= 15 is 0 Å². The fraction of sp³-hybridized carbons (Fsp3) is 0.692. The average molecular weight is 235 g/mol. The highest BCUT2D eigenvalue weighted by Gasteiger charge is 2.69. The molecule has 1 heterocycles. The van der Waals surface area contributed by atoms with Gasteiger partial charge in [0, 0.05) is 5.92 Å². The minimum absolute atomic E-state index is 0.0137. The molecule has 4 atom stereocenters. The Morgan fingerprint density at radius 2 is 2.06 bits per heavy atom. The van der Waals surface area contributed by atoms with Crippen LogP contribution in [0.15, 0.2) is 12.2 Å². The number of amides is 2. The van der Waals surface area contributed by atoms with Gasteiger partial charge in [-0.05, 0) is 33.1 Å².